The third kappa shape index (κ3) is 5.35. The van der Waals surface area contributed by atoms with Crippen LogP contribution in [0.3, 0.4) is 0 Å². The molecule has 2 nitrogen and oxygen atoms in total. The molecule has 0 aliphatic heterocycles. The standard InChI is InChI=1S/C16H24O2/c1-3-5-10-14(11-6-4-2)16(17)18-15-12-8-7-9-13-15/h7-9,12-14H,3-6,10-11H2,1-2H3. The van der Waals surface area contributed by atoms with Gasteiger partial charge in [-0.3, -0.25) is 4.79 Å². The van der Waals surface area contributed by atoms with Crippen LogP contribution < -0.4 is 4.74 Å². The Hall–Kier alpha value is -1.31. The lowest BCUT2D eigenvalue weighted by Crippen LogP contribution is -2.20. The first-order valence-electron chi connectivity index (χ1n) is 7.04. The highest BCUT2D eigenvalue weighted by Crippen LogP contribution is 2.20. The van der Waals surface area contributed by atoms with E-state index in [0.717, 1.165) is 38.5 Å². The van der Waals surface area contributed by atoms with Gasteiger partial charge >= 0.3 is 5.97 Å². The fourth-order valence-electron chi connectivity index (χ4n) is 1.97. The average molecular weight is 248 g/mol. The van der Waals surface area contributed by atoms with Crippen molar-refractivity contribution in [2.24, 2.45) is 5.92 Å². The van der Waals surface area contributed by atoms with Crippen molar-refractivity contribution < 1.29 is 9.53 Å². The lowest BCUT2D eigenvalue weighted by molar-refractivity contribution is -0.139. The van der Waals surface area contributed by atoms with Crippen molar-refractivity contribution in [2.75, 3.05) is 0 Å². The highest BCUT2D eigenvalue weighted by Gasteiger charge is 2.19. The number of carbonyl (C=O) groups excluding carboxylic acids is 1. The van der Waals surface area contributed by atoms with Crippen molar-refractivity contribution in [3.8, 4) is 5.75 Å². The summed E-state index contributed by atoms with van der Waals surface area (Å²) in [4.78, 5) is 12.1. The molecule has 0 heterocycles. The second-order valence-electron chi connectivity index (χ2n) is 4.72. The zero-order valence-corrected chi connectivity index (χ0v) is 11.5. The van der Waals surface area contributed by atoms with E-state index in [1.165, 1.54) is 0 Å². The number of benzene rings is 1. The normalized spacial score (nSPS) is 10.6. The van der Waals surface area contributed by atoms with Gasteiger partial charge in [0.05, 0.1) is 5.92 Å². The predicted octanol–water partition coefficient (Wildman–Crippen LogP) is 4.59. The van der Waals surface area contributed by atoms with Gasteiger partial charge in [-0.05, 0) is 25.0 Å². The number of hydrogen-bond acceptors (Lipinski definition) is 2. The minimum Gasteiger partial charge on any atom is -0.426 e. The summed E-state index contributed by atoms with van der Waals surface area (Å²) in [6.07, 6.45) is 6.34. The van der Waals surface area contributed by atoms with Gasteiger partial charge in [0.15, 0.2) is 0 Å². The van der Waals surface area contributed by atoms with Crippen LogP contribution in [0.1, 0.15) is 52.4 Å². The first-order chi connectivity index (χ1) is 8.77. The van der Waals surface area contributed by atoms with Crippen LogP contribution in [0.4, 0.5) is 0 Å². The van der Waals surface area contributed by atoms with E-state index in [4.69, 9.17) is 4.74 Å². The molecule has 0 N–H and O–H groups in total. The van der Waals surface area contributed by atoms with E-state index in [0.29, 0.717) is 5.75 Å². The molecular weight excluding hydrogens is 224 g/mol. The van der Waals surface area contributed by atoms with Gasteiger partial charge in [0.1, 0.15) is 5.75 Å². The maximum atomic E-state index is 12.1. The van der Waals surface area contributed by atoms with Crippen LogP contribution in [-0.2, 0) is 4.79 Å². The SMILES string of the molecule is CCCCC(CCCC)C(=O)Oc1ccccc1. The Balaban J connectivity index is 2.52. The second-order valence-corrected chi connectivity index (χ2v) is 4.72. The molecule has 100 valence electrons. The van der Waals surface area contributed by atoms with Crippen LogP contribution in [-0.4, -0.2) is 5.97 Å². The molecule has 0 amide bonds. The first-order valence-corrected chi connectivity index (χ1v) is 7.04. The smallest absolute Gasteiger partial charge is 0.314 e. The van der Waals surface area contributed by atoms with E-state index in [1.54, 1.807) is 0 Å². The molecule has 0 atom stereocenters. The van der Waals surface area contributed by atoms with E-state index >= 15 is 0 Å². The van der Waals surface area contributed by atoms with E-state index < -0.39 is 0 Å². The molecular formula is C16H24O2. The van der Waals surface area contributed by atoms with E-state index in [9.17, 15) is 4.79 Å². The Kier molecular flexibility index (Phi) is 7.16. The predicted molar refractivity (Wildman–Crippen MR) is 74.6 cm³/mol. The fourth-order valence-corrected chi connectivity index (χ4v) is 1.97. The molecule has 1 aromatic rings. The summed E-state index contributed by atoms with van der Waals surface area (Å²) in [6.45, 7) is 4.30. The highest BCUT2D eigenvalue weighted by atomic mass is 16.5. The maximum Gasteiger partial charge on any atom is 0.314 e. The molecule has 0 spiro atoms. The molecule has 0 aliphatic rings. The van der Waals surface area contributed by atoms with Crippen molar-refractivity contribution in [3.05, 3.63) is 30.3 Å². The molecule has 0 bridgehead atoms. The lowest BCUT2D eigenvalue weighted by atomic mass is 9.96. The molecule has 0 unspecified atom stereocenters. The van der Waals surface area contributed by atoms with E-state index in [1.807, 2.05) is 30.3 Å². The molecule has 2 heteroatoms. The van der Waals surface area contributed by atoms with E-state index in [2.05, 4.69) is 13.8 Å². The molecule has 0 fully saturated rings. The summed E-state index contributed by atoms with van der Waals surface area (Å²) in [5.41, 5.74) is 0. The van der Waals surface area contributed by atoms with Gasteiger partial charge in [0, 0.05) is 0 Å². The van der Waals surface area contributed by atoms with Gasteiger partial charge < -0.3 is 4.74 Å². The Bertz CT molecular complexity index is 324. The quantitative estimate of drug-likeness (QED) is 0.497. The molecule has 1 rings (SSSR count). The summed E-state index contributed by atoms with van der Waals surface area (Å²) >= 11 is 0. The van der Waals surface area contributed by atoms with Crippen LogP contribution >= 0.6 is 0 Å². The van der Waals surface area contributed by atoms with Gasteiger partial charge in [-0.15, -0.1) is 0 Å². The molecule has 0 radical (unpaired) electrons. The molecule has 0 aliphatic carbocycles. The van der Waals surface area contributed by atoms with Crippen LogP contribution in [0.2, 0.25) is 0 Å². The average Bonchev–Trinajstić information content (AvgIpc) is 2.40. The summed E-state index contributed by atoms with van der Waals surface area (Å²) in [7, 11) is 0. The molecule has 18 heavy (non-hydrogen) atoms. The van der Waals surface area contributed by atoms with Crippen LogP contribution in [0.15, 0.2) is 30.3 Å². The molecule has 0 saturated carbocycles. The van der Waals surface area contributed by atoms with Crippen LogP contribution in [0.25, 0.3) is 0 Å². The van der Waals surface area contributed by atoms with Crippen molar-refractivity contribution in [1.29, 1.82) is 0 Å². The van der Waals surface area contributed by atoms with Gasteiger partial charge in [-0.25, -0.2) is 0 Å². The number of hydrogen-bond donors (Lipinski definition) is 0. The number of unbranched alkanes of at least 4 members (excludes halogenated alkanes) is 2. The lowest BCUT2D eigenvalue weighted by Gasteiger charge is -2.15. The Morgan fingerprint density at radius 2 is 1.61 bits per heavy atom. The van der Waals surface area contributed by atoms with Gasteiger partial charge in [0.2, 0.25) is 0 Å². The van der Waals surface area contributed by atoms with Crippen molar-refractivity contribution in [3.63, 3.8) is 0 Å². The number of ether oxygens (including phenoxy) is 1. The Labute approximate surface area is 110 Å². The van der Waals surface area contributed by atoms with E-state index in [-0.39, 0.29) is 11.9 Å². The maximum absolute atomic E-state index is 12.1. The number of carbonyl (C=O) groups is 1. The van der Waals surface area contributed by atoms with Crippen LogP contribution in [0, 0.1) is 5.92 Å². The van der Waals surface area contributed by atoms with Crippen LogP contribution in [0.5, 0.6) is 5.75 Å². The Morgan fingerprint density at radius 3 is 2.11 bits per heavy atom. The zero-order chi connectivity index (χ0) is 13.2. The summed E-state index contributed by atoms with van der Waals surface area (Å²) in [6, 6.07) is 9.34. The molecule has 0 aromatic heterocycles. The highest BCUT2D eigenvalue weighted by molar-refractivity contribution is 5.75. The minimum absolute atomic E-state index is 0.0603. The minimum atomic E-state index is -0.0666. The van der Waals surface area contributed by atoms with Crippen molar-refractivity contribution in [2.45, 2.75) is 52.4 Å². The zero-order valence-electron chi connectivity index (χ0n) is 11.5. The molecule has 0 saturated heterocycles. The van der Waals surface area contributed by atoms with Crippen molar-refractivity contribution in [1.82, 2.24) is 0 Å². The third-order valence-corrected chi connectivity index (χ3v) is 3.11. The van der Waals surface area contributed by atoms with Gasteiger partial charge in [-0.1, -0.05) is 57.7 Å². The number of rotatable bonds is 8. The topological polar surface area (TPSA) is 26.3 Å². The number of esters is 1. The summed E-state index contributed by atoms with van der Waals surface area (Å²) in [5, 5.41) is 0. The fraction of sp³-hybridized carbons (Fsp3) is 0.562. The monoisotopic (exact) mass is 248 g/mol. The third-order valence-electron chi connectivity index (χ3n) is 3.11. The van der Waals surface area contributed by atoms with Gasteiger partial charge in [0.25, 0.3) is 0 Å². The van der Waals surface area contributed by atoms with Crippen molar-refractivity contribution >= 4 is 5.97 Å². The molecule has 1 aromatic carbocycles. The first kappa shape index (κ1) is 14.7. The largest absolute Gasteiger partial charge is 0.426 e. The number of para-hydroxylation sites is 1. The Morgan fingerprint density at radius 1 is 1.06 bits per heavy atom. The van der Waals surface area contributed by atoms with Gasteiger partial charge in [-0.2, -0.15) is 0 Å². The summed E-state index contributed by atoms with van der Waals surface area (Å²) in [5.74, 6) is 0.647. The second kappa shape index (κ2) is 8.73. The summed E-state index contributed by atoms with van der Waals surface area (Å²) < 4.78 is 5.43.